The van der Waals surface area contributed by atoms with E-state index in [0.29, 0.717) is 10.2 Å². The third-order valence-electron chi connectivity index (χ3n) is 4.14. The predicted molar refractivity (Wildman–Crippen MR) is 77.9 cm³/mol. The highest BCUT2D eigenvalue weighted by Crippen LogP contribution is 2.38. The van der Waals surface area contributed by atoms with Crippen molar-refractivity contribution in [3.8, 4) is 0 Å². The van der Waals surface area contributed by atoms with Crippen LogP contribution < -0.4 is 5.32 Å². The molecular weight excluding hydrogens is 333 g/mol. The lowest BCUT2D eigenvalue weighted by atomic mass is 9.75. The molecule has 1 aromatic carbocycles. The molecule has 1 N–H and O–H groups in total. The highest BCUT2D eigenvalue weighted by atomic mass is 79.9. The molecule has 0 unspecified atom stereocenters. The molecule has 0 atom stereocenters. The first-order valence-electron chi connectivity index (χ1n) is 6.53. The van der Waals surface area contributed by atoms with Crippen molar-refractivity contribution in [2.75, 3.05) is 26.0 Å². The van der Waals surface area contributed by atoms with Crippen LogP contribution in [0.1, 0.15) is 24.8 Å². The maximum atomic E-state index is 12.6. The first kappa shape index (κ1) is 15.6. The van der Waals surface area contributed by atoms with E-state index >= 15 is 0 Å². The Hall–Kier alpha value is -0.750. The van der Waals surface area contributed by atoms with Gasteiger partial charge in [-0.25, -0.2) is 0 Å². The van der Waals surface area contributed by atoms with E-state index in [9.17, 15) is 13.2 Å². The number of likely N-dealkylation sites (N-methyl/N-ethyl adjacent to an activating group) is 1. The highest BCUT2D eigenvalue weighted by Gasteiger charge is 2.39. The second kappa shape index (κ2) is 5.56. The van der Waals surface area contributed by atoms with Crippen LogP contribution in [0.4, 0.5) is 18.9 Å². The fourth-order valence-corrected chi connectivity index (χ4v) is 2.98. The summed E-state index contributed by atoms with van der Waals surface area (Å²) in [5.41, 5.74) is 0.189. The largest absolute Gasteiger partial charge is 0.416 e. The van der Waals surface area contributed by atoms with Crippen LogP contribution in [0.25, 0.3) is 0 Å². The van der Waals surface area contributed by atoms with Crippen molar-refractivity contribution in [2.45, 2.75) is 31.0 Å². The Balaban J connectivity index is 2.07. The molecule has 0 heterocycles. The molecule has 1 aromatic rings. The molecule has 0 radical (unpaired) electrons. The monoisotopic (exact) mass is 350 g/mol. The Labute approximate surface area is 125 Å². The van der Waals surface area contributed by atoms with Gasteiger partial charge in [0.05, 0.1) is 5.56 Å². The summed E-state index contributed by atoms with van der Waals surface area (Å²) < 4.78 is 38.2. The zero-order chi connectivity index (χ0) is 15.0. The molecule has 0 saturated heterocycles. The predicted octanol–water partition coefficient (Wildman–Crippen LogP) is 4.36. The topological polar surface area (TPSA) is 15.3 Å². The van der Waals surface area contributed by atoms with Gasteiger partial charge in [-0.3, -0.25) is 0 Å². The summed E-state index contributed by atoms with van der Waals surface area (Å²) in [4.78, 5) is 2.20. The van der Waals surface area contributed by atoms with E-state index in [4.69, 9.17) is 0 Å². The average Bonchev–Trinajstić information content (AvgIpc) is 2.27. The molecule has 20 heavy (non-hydrogen) atoms. The lowest BCUT2D eigenvalue weighted by molar-refractivity contribution is -0.137. The standard InChI is InChI=1S/C14H18BrF3N2/c1-20(2)13(6-3-7-13)9-19-12-5-4-10(8-11(12)15)14(16,17)18/h4-5,8,19H,3,6-7,9H2,1-2H3. The number of halogens is 4. The van der Waals surface area contributed by atoms with Gasteiger partial charge >= 0.3 is 6.18 Å². The number of anilines is 1. The van der Waals surface area contributed by atoms with Gasteiger partial charge in [-0.2, -0.15) is 13.2 Å². The Morgan fingerprint density at radius 3 is 2.35 bits per heavy atom. The molecule has 0 spiro atoms. The van der Waals surface area contributed by atoms with Crippen LogP contribution in [0.15, 0.2) is 22.7 Å². The summed E-state index contributed by atoms with van der Waals surface area (Å²) in [5, 5.41) is 3.26. The Morgan fingerprint density at radius 2 is 1.95 bits per heavy atom. The van der Waals surface area contributed by atoms with Gasteiger partial charge in [-0.1, -0.05) is 0 Å². The molecule has 2 nitrogen and oxygen atoms in total. The van der Waals surface area contributed by atoms with E-state index in [2.05, 4.69) is 26.1 Å². The number of alkyl halides is 3. The minimum atomic E-state index is -4.31. The molecule has 1 fully saturated rings. The Bertz CT molecular complexity index is 482. The van der Waals surface area contributed by atoms with Gasteiger partial charge in [-0.05, 0) is 67.5 Å². The van der Waals surface area contributed by atoms with Crippen molar-refractivity contribution < 1.29 is 13.2 Å². The molecule has 2 rings (SSSR count). The molecule has 0 bridgehead atoms. The van der Waals surface area contributed by atoms with E-state index in [1.165, 1.54) is 12.5 Å². The van der Waals surface area contributed by atoms with Crippen LogP contribution in [-0.2, 0) is 6.18 Å². The number of rotatable bonds is 4. The van der Waals surface area contributed by atoms with Gasteiger partial charge < -0.3 is 10.2 Å². The van der Waals surface area contributed by atoms with Crippen molar-refractivity contribution in [1.82, 2.24) is 4.90 Å². The SMILES string of the molecule is CN(C)C1(CNc2ccc(C(F)(F)F)cc2Br)CCC1. The van der Waals surface area contributed by atoms with Gasteiger partial charge in [0.2, 0.25) is 0 Å². The van der Waals surface area contributed by atoms with Gasteiger partial charge in [0.1, 0.15) is 0 Å². The zero-order valence-electron chi connectivity index (χ0n) is 11.5. The summed E-state index contributed by atoms with van der Waals surface area (Å²) >= 11 is 3.21. The van der Waals surface area contributed by atoms with E-state index < -0.39 is 11.7 Å². The summed E-state index contributed by atoms with van der Waals surface area (Å²) in [6, 6.07) is 3.70. The summed E-state index contributed by atoms with van der Waals surface area (Å²) in [6.45, 7) is 0.740. The van der Waals surface area contributed by atoms with Crippen LogP contribution in [0, 0.1) is 0 Å². The van der Waals surface area contributed by atoms with E-state index in [1.807, 2.05) is 14.1 Å². The van der Waals surface area contributed by atoms with E-state index in [0.717, 1.165) is 31.5 Å². The molecular formula is C14H18BrF3N2. The van der Waals surface area contributed by atoms with Gasteiger partial charge in [-0.15, -0.1) is 0 Å². The second-order valence-electron chi connectivity index (χ2n) is 5.52. The Kier molecular flexibility index (Phi) is 4.35. The molecule has 0 amide bonds. The Morgan fingerprint density at radius 1 is 1.30 bits per heavy atom. The van der Waals surface area contributed by atoms with Crippen LogP contribution in [0.5, 0.6) is 0 Å². The van der Waals surface area contributed by atoms with Gasteiger partial charge in [0.25, 0.3) is 0 Å². The molecule has 1 saturated carbocycles. The third-order valence-corrected chi connectivity index (χ3v) is 4.79. The highest BCUT2D eigenvalue weighted by molar-refractivity contribution is 9.10. The first-order chi connectivity index (χ1) is 9.24. The molecule has 1 aliphatic carbocycles. The minimum absolute atomic E-state index is 0.127. The van der Waals surface area contributed by atoms with Crippen LogP contribution >= 0.6 is 15.9 Å². The van der Waals surface area contributed by atoms with Gasteiger partial charge in [0, 0.05) is 22.2 Å². The molecule has 1 aliphatic rings. The minimum Gasteiger partial charge on any atom is -0.382 e. The quantitative estimate of drug-likeness (QED) is 0.867. The van der Waals surface area contributed by atoms with Crippen molar-refractivity contribution in [3.63, 3.8) is 0 Å². The maximum Gasteiger partial charge on any atom is 0.416 e. The molecule has 6 heteroatoms. The number of hydrogen-bond donors (Lipinski definition) is 1. The summed E-state index contributed by atoms with van der Waals surface area (Å²) in [7, 11) is 4.09. The van der Waals surface area contributed by atoms with Crippen LogP contribution in [0.3, 0.4) is 0 Å². The normalized spacial score (nSPS) is 17.9. The number of hydrogen-bond acceptors (Lipinski definition) is 2. The molecule has 0 aromatic heterocycles. The molecule has 0 aliphatic heterocycles. The summed E-state index contributed by atoms with van der Waals surface area (Å²) in [6.07, 6.45) is -0.871. The number of nitrogens with one attached hydrogen (secondary N) is 1. The smallest absolute Gasteiger partial charge is 0.382 e. The van der Waals surface area contributed by atoms with E-state index in [1.54, 1.807) is 0 Å². The van der Waals surface area contributed by atoms with Gasteiger partial charge in [0.15, 0.2) is 0 Å². The third kappa shape index (κ3) is 3.11. The van der Waals surface area contributed by atoms with Crippen molar-refractivity contribution >= 4 is 21.6 Å². The first-order valence-corrected chi connectivity index (χ1v) is 7.32. The number of nitrogens with zero attached hydrogens (tertiary/aromatic N) is 1. The zero-order valence-corrected chi connectivity index (χ0v) is 13.1. The average molecular weight is 351 g/mol. The van der Waals surface area contributed by atoms with E-state index in [-0.39, 0.29) is 5.54 Å². The lowest BCUT2D eigenvalue weighted by Gasteiger charge is -2.47. The fourth-order valence-electron chi connectivity index (χ4n) is 2.46. The van der Waals surface area contributed by atoms with Crippen molar-refractivity contribution in [3.05, 3.63) is 28.2 Å². The molecule has 112 valence electrons. The van der Waals surface area contributed by atoms with Crippen LogP contribution in [0.2, 0.25) is 0 Å². The maximum absolute atomic E-state index is 12.6. The number of benzene rings is 1. The second-order valence-corrected chi connectivity index (χ2v) is 6.37. The fraction of sp³-hybridized carbons (Fsp3) is 0.571. The lowest BCUT2D eigenvalue weighted by Crippen LogP contribution is -2.54. The van der Waals surface area contributed by atoms with Crippen LogP contribution in [-0.4, -0.2) is 31.1 Å². The van der Waals surface area contributed by atoms with Crippen molar-refractivity contribution in [2.24, 2.45) is 0 Å². The van der Waals surface area contributed by atoms with Crippen molar-refractivity contribution in [1.29, 1.82) is 0 Å². The summed E-state index contributed by atoms with van der Waals surface area (Å²) in [5.74, 6) is 0.